The van der Waals surface area contributed by atoms with Crippen molar-refractivity contribution >= 4 is 0 Å². The molecule has 0 aliphatic rings. The molecule has 0 aliphatic heterocycles. The Morgan fingerprint density at radius 1 is 1.38 bits per heavy atom. The van der Waals surface area contributed by atoms with E-state index in [2.05, 4.69) is 0 Å². The molecule has 0 amide bonds. The lowest BCUT2D eigenvalue weighted by atomic mass is 10.2. The van der Waals surface area contributed by atoms with E-state index in [-0.39, 0.29) is 6.04 Å². The summed E-state index contributed by atoms with van der Waals surface area (Å²) < 4.78 is 0. The summed E-state index contributed by atoms with van der Waals surface area (Å²) in [6.07, 6.45) is 0.438. The fourth-order valence-electron chi connectivity index (χ4n) is 0.558. The molecule has 0 aliphatic carbocycles. The molecule has 0 rings (SSSR count). The second-order valence-corrected chi connectivity index (χ2v) is 2.29. The van der Waals surface area contributed by atoms with Gasteiger partial charge in [-0.2, -0.15) is 0 Å². The lowest BCUT2D eigenvalue weighted by Crippen LogP contribution is -2.60. The highest BCUT2D eigenvalue weighted by molar-refractivity contribution is 4.72. The zero-order valence-electron chi connectivity index (χ0n) is 5.09. The Balaban J connectivity index is 3.39. The molecule has 0 aromatic heterocycles. The van der Waals surface area contributed by atoms with Crippen LogP contribution < -0.4 is 22.9 Å². The van der Waals surface area contributed by atoms with Crippen LogP contribution in [-0.4, -0.2) is 11.8 Å². The van der Waals surface area contributed by atoms with Crippen molar-refractivity contribution in [1.82, 2.24) is 0 Å². The maximum atomic E-state index is 5.34. The molecule has 0 radical (unpaired) electrons. The predicted octanol–water partition coefficient (Wildman–Crippen LogP) is -1.75. The van der Waals surface area contributed by atoms with E-state index < -0.39 is 5.79 Å². The molecule has 0 heterocycles. The Bertz CT molecular complexity index is 62.9. The van der Waals surface area contributed by atoms with Gasteiger partial charge in [-0.05, 0) is 6.92 Å². The van der Waals surface area contributed by atoms with Gasteiger partial charge in [-0.25, -0.2) is 0 Å². The Hall–Kier alpha value is -0.160. The molecule has 4 nitrogen and oxygen atoms in total. The summed E-state index contributed by atoms with van der Waals surface area (Å²) in [5, 5.41) is 0. The van der Waals surface area contributed by atoms with Crippen molar-refractivity contribution in [3.05, 3.63) is 0 Å². The van der Waals surface area contributed by atoms with E-state index in [1.807, 2.05) is 0 Å². The standard InChI is InChI=1S/C4H14N4/c1-3(5)2-4(6,7)8/h3H,2,5-8H2,1H3. The summed E-state index contributed by atoms with van der Waals surface area (Å²) in [6, 6.07) is -0.0324. The van der Waals surface area contributed by atoms with Crippen LogP contribution in [0.2, 0.25) is 0 Å². The average molecular weight is 118 g/mol. The van der Waals surface area contributed by atoms with Crippen molar-refractivity contribution in [2.75, 3.05) is 0 Å². The third-order valence-electron chi connectivity index (χ3n) is 0.676. The minimum atomic E-state index is -1.10. The van der Waals surface area contributed by atoms with E-state index in [1.165, 1.54) is 0 Å². The molecule has 1 atom stereocenters. The van der Waals surface area contributed by atoms with Crippen molar-refractivity contribution in [2.24, 2.45) is 22.9 Å². The van der Waals surface area contributed by atoms with Crippen LogP contribution in [0.25, 0.3) is 0 Å². The summed E-state index contributed by atoms with van der Waals surface area (Å²) in [7, 11) is 0. The van der Waals surface area contributed by atoms with Gasteiger partial charge in [-0.15, -0.1) is 0 Å². The molecule has 50 valence electrons. The third-order valence-corrected chi connectivity index (χ3v) is 0.676. The second kappa shape index (κ2) is 2.41. The SMILES string of the molecule is CC(N)CC(N)(N)N. The summed E-state index contributed by atoms with van der Waals surface area (Å²) in [5.41, 5.74) is 21.0. The van der Waals surface area contributed by atoms with Gasteiger partial charge in [-0.3, -0.25) is 0 Å². The lowest BCUT2D eigenvalue weighted by molar-refractivity contribution is 0.393. The number of hydrogen-bond donors (Lipinski definition) is 4. The topological polar surface area (TPSA) is 104 Å². The summed E-state index contributed by atoms with van der Waals surface area (Å²) >= 11 is 0. The van der Waals surface area contributed by atoms with Crippen molar-refractivity contribution in [2.45, 2.75) is 25.2 Å². The Kier molecular flexibility index (Phi) is 2.36. The van der Waals surface area contributed by atoms with Gasteiger partial charge in [0, 0.05) is 12.5 Å². The maximum absolute atomic E-state index is 5.34. The molecule has 0 fully saturated rings. The average Bonchev–Trinajstić information content (AvgIpc) is 1.21. The molecule has 0 saturated heterocycles. The van der Waals surface area contributed by atoms with Crippen LogP contribution >= 0.6 is 0 Å². The lowest BCUT2D eigenvalue weighted by Gasteiger charge is -2.19. The van der Waals surface area contributed by atoms with Crippen LogP contribution in [0.3, 0.4) is 0 Å². The zero-order valence-corrected chi connectivity index (χ0v) is 5.09. The van der Waals surface area contributed by atoms with E-state index >= 15 is 0 Å². The van der Waals surface area contributed by atoms with Gasteiger partial charge in [0.2, 0.25) is 0 Å². The van der Waals surface area contributed by atoms with Crippen LogP contribution in [0.4, 0.5) is 0 Å². The van der Waals surface area contributed by atoms with Crippen LogP contribution in [0.15, 0.2) is 0 Å². The van der Waals surface area contributed by atoms with Gasteiger partial charge in [0.15, 0.2) is 0 Å². The highest BCUT2D eigenvalue weighted by Gasteiger charge is 2.12. The molecule has 0 saturated carbocycles. The van der Waals surface area contributed by atoms with Gasteiger partial charge in [0.1, 0.15) is 5.79 Å². The van der Waals surface area contributed by atoms with Crippen LogP contribution in [-0.2, 0) is 0 Å². The van der Waals surface area contributed by atoms with E-state index in [9.17, 15) is 0 Å². The van der Waals surface area contributed by atoms with Crippen molar-refractivity contribution < 1.29 is 0 Å². The largest absolute Gasteiger partial charge is 0.328 e. The first kappa shape index (κ1) is 7.84. The first-order valence-electron chi connectivity index (χ1n) is 2.54. The highest BCUT2D eigenvalue weighted by Crippen LogP contribution is 1.91. The molecule has 0 bridgehead atoms. The van der Waals surface area contributed by atoms with Crippen molar-refractivity contribution in [3.8, 4) is 0 Å². The van der Waals surface area contributed by atoms with Crippen molar-refractivity contribution in [1.29, 1.82) is 0 Å². The van der Waals surface area contributed by atoms with Gasteiger partial charge in [0.25, 0.3) is 0 Å². The molecule has 0 aromatic carbocycles. The van der Waals surface area contributed by atoms with Gasteiger partial charge >= 0.3 is 0 Å². The molecule has 8 heavy (non-hydrogen) atoms. The van der Waals surface area contributed by atoms with Gasteiger partial charge in [-0.1, -0.05) is 0 Å². The van der Waals surface area contributed by atoms with Crippen LogP contribution in [0, 0.1) is 0 Å². The molecule has 0 aromatic rings. The second-order valence-electron chi connectivity index (χ2n) is 2.29. The van der Waals surface area contributed by atoms with Crippen molar-refractivity contribution in [3.63, 3.8) is 0 Å². The monoisotopic (exact) mass is 118 g/mol. The highest BCUT2D eigenvalue weighted by atomic mass is 15.1. The molecular formula is C4H14N4. The maximum Gasteiger partial charge on any atom is 0.117 e. The van der Waals surface area contributed by atoms with E-state index in [4.69, 9.17) is 22.9 Å². The molecular weight excluding hydrogens is 104 g/mol. The molecule has 1 unspecified atom stereocenters. The third kappa shape index (κ3) is 5.84. The first-order valence-corrected chi connectivity index (χ1v) is 2.54. The smallest absolute Gasteiger partial charge is 0.117 e. The number of nitrogens with two attached hydrogens (primary N) is 4. The summed E-state index contributed by atoms with van der Waals surface area (Å²) in [4.78, 5) is 0. The minimum absolute atomic E-state index is 0.0324. The Labute approximate surface area is 49.2 Å². The van der Waals surface area contributed by atoms with E-state index in [1.54, 1.807) is 6.92 Å². The summed E-state index contributed by atoms with van der Waals surface area (Å²) in [5.74, 6) is -1.10. The fraction of sp³-hybridized carbons (Fsp3) is 1.00. The van der Waals surface area contributed by atoms with E-state index in [0.717, 1.165) is 0 Å². The normalized spacial score (nSPS) is 16.1. The van der Waals surface area contributed by atoms with Gasteiger partial charge < -0.3 is 22.9 Å². The minimum Gasteiger partial charge on any atom is -0.328 e. The fourth-order valence-corrected chi connectivity index (χ4v) is 0.558. The molecule has 8 N–H and O–H groups in total. The number of rotatable bonds is 2. The zero-order chi connectivity index (χ0) is 6.78. The number of hydrogen-bond acceptors (Lipinski definition) is 4. The summed E-state index contributed by atoms with van der Waals surface area (Å²) in [6.45, 7) is 1.81. The molecule has 0 spiro atoms. The first-order chi connectivity index (χ1) is 3.42. The molecule has 4 heteroatoms. The predicted molar refractivity (Wildman–Crippen MR) is 33.6 cm³/mol. The van der Waals surface area contributed by atoms with Crippen LogP contribution in [0.1, 0.15) is 13.3 Å². The quantitative estimate of drug-likeness (QED) is 0.323. The van der Waals surface area contributed by atoms with Gasteiger partial charge in [0.05, 0.1) is 0 Å². The van der Waals surface area contributed by atoms with Crippen LogP contribution in [0.5, 0.6) is 0 Å². The Morgan fingerprint density at radius 2 is 1.75 bits per heavy atom. The van der Waals surface area contributed by atoms with E-state index in [0.29, 0.717) is 6.42 Å². The Morgan fingerprint density at radius 3 is 1.75 bits per heavy atom.